The van der Waals surface area contributed by atoms with Gasteiger partial charge < -0.3 is 24.6 Å². The largest absolute Gasteiger partial charge is 0.472 e. The fourth-order valence-electron chi connectivity index (χ4n) is 6.00. The Morgan fingerprint density at radius 2 is 0.772 bits per heavy atom. The lowest BCUT2D eigenvalue weighted by Gasteiger charge is -2.20. The van der Waals surface area contributed by atoms with Gasteiger partial charge in [-0.25, -0.2) is 4.57 Å². The quantitative estimate of drug-likeness (QED) is 0.0235. The van der Waals surface area contributed by atoms with E-state index >= 15 is 0 Å². The Balaban J connectivity index is 3.94. The van der Waals surface area contributed by atoms with Gasteiger partial charge in [-0.15, -0.1) is 0 Å². The van der Waals surface area contributed by atoms with Crippen molar-refractivity contribution in [1.82, 2.24) is 0 Å². The second kappa shape index (κ2) is 42.1. The highest BCUT2D eigenvalue weighted by atomic mass is 31.2. The maximum Gasteiger partial charge on any atom is 0.472 e. The summed E-state index contributed by atoms with van der Waals surface area (Å²) in [5, 5.41) is 19.2. The average molecular weight is 827 g/mol. The number of hydrogen-bond acceptors (Lipinski definition) is 9. The lowest BCUT2D eigenvalue weighted by molar-refractivity contribution is -0.153. The van der Waals surface area contributed by atoms with Crippen LogP contribution in [-0.2, 0) is 32.7 Å². The van der Waals surface area contributed by atoms with Crippen LogP contribution in [0, 0.1) is 0 Å². The monoisotopic (exact) mass is 827 g/mol. The van der Waals surface area contributed by atoms with Gasteiger partial charge in [-0.3, -0.25) is 18.6 Å². The normalized spacial score (nSPS) is 14.3. The number of esters is 2. The summed E-state index contributed by atoms with van der Waals surface area (Å²) >= 11 is 0. The Labute approximate surface area is 347 Å². The summed E-state index contributed by atoms with van der Waals surface area (Å²) in [6, 6.07) is 0. The third-order valence-electron chi connectivity index (χ3n) is 9.51. The molecule has 0 heterocycles. The number of aliphatic hydroxyl groups is 2. The highest BCUT2D eigenvalue weighted by Crippen LogP contribution is 2.43. The van der Waals surface area contributed by atoms with Gasteiger partial charge in [-0.1, -0.05) is 152 Å². The molecule has 0 bridgehead atoms. The highest BCUT2D eigenvalue weighted by molar-refractivity contribution is 7.47. The standard InChI is InChI=1S/C46H83O10P/c1-3-5-7-9-11-13-15-17-19-20-21-22-24-26-28-30-32-34-36-38-46(50)56-44(40-48)42-54-57(51,52)53-41-43(39-47)55-45(49)37-35-33-31-29-27-25-23-18-16-14-12-10-8-6-4-2/h11,13,17-19,21-23,43-44,47-48H,3-10,12,14-16,20,24-42H2,1-2H3,(H,51,52)/b13-11-,19-17-,22-21-,23-18-. The number of phosphoric acid groups is 1. The molecule has 332 valence electrons. The van der Waals surface area contributed by atoms with Gasteiger partial charge in [-0.05, 0) is 77.0 Å². The van der Waals surface area contributed by atoms with Gasteiger partial charge in [0.1, 0.15) is 12.2 Å². The molecule has 0 aromatic rings. The molecule has 11 heteroatoms. The minimum atomic E-state index is -4.64. The second-order valence-electron chi connectivity index (χ2n) is 15.0. The average Bonchev–Trinajstić information content (AvgIpc) is 3.20. The van der Waals surface area contributed by atoms with Crippen molar-refractivity contribution in [2.75, 3.05) is 26.4 Å². The van der Waals surface area contributed by atoms with E-state index in [4.69, 9.17) is 18.5 Å². The topological polar surface area (TPSA) is 149 Å². The molecule has 0 aromatic heterocycles. The molecule has 3 atom stereocenters. The minimum absolute atomic E-state index is 0.176. The van der Waals surface area contributed by atoms with Crippen molar-refractivity contribution in [3.05, 3.63) is 48.6 Å². The summed E-state index contributed by atoms with van der Waals surface area (Å²) in [6.07, 6.45) is 45.0. The molecule has 0 fully saturated rings. The molecule has 3 N–H and O–H groups in total. The Morgan fingerprint density at radius 1 is 0.474 bits per heavy atom. The molecule has 0 aliphatic heterocycles. The molecule has 0 aromatic carbocycles. The number of rotatable bonds is 42. The summed E-state index contributed by atoms with van der Waals surface area (Å²) < 4.78 is 32.6. The number of ether oxygens (including phenoxy) is 2. The number of allylic oxidation sites excluding steroid dienone is 8. The van der Waals surface area contributed by atoms with Crippen LogP contribution in [0.4, 0.5) is 0 Å². The van der Waals surface area contributed by atoms with E-state index in [0.29, 0.717) is 12.8 Å². The molecule has 0 spiro atoms. The van der Waals surface area contributed by atoms with E-state index in [-0.39, 0.29) is 12.8 Å². The van der Waals surface area contributed by atoms with Crippen LogP contribution in [0.2, 0.25) is 0 Å². The molecule has 0 aliphatic rings. The molecule has 57 heavy (non-hydrogen) atoms. The Morgan fingerprint density at radius 3 is 1.16 bits per heavy atom. The first-order valence-corrected chi connectivity index (χ1v) is 24.1. The minimum Gasteiger partial charge on any atom is -0.457 e. The highest BCUT2D eigenvalue weighted by Gasteiger charge is 2.27. The zero-order valence-corrected chi connectivity index (χ0v) is 36.9. The second-order valence-corrected chi connectivity index (χ2v) is 16.5. The SMILES string of the molecule is CCCCC/C=C\C/C=C\C/C=C\CCCCCCCCC(=O)OC(CO)COP(=O)(O)OCC(CO)OC(=O)CCCCCCC/C=C\CCCCCCCC. The molecule has 0 saturated carbocycles. The van der Waals surface area contributed by atoms with Crippen molar-refractivity contribution >= 4 is 19.8 Å². The summed E-state index contributed by atoms with van der Waals surface area (Å²) in [6.45, 7) is 2.15. The summed E-state index contributed by atoms with van der Waals surface area (Å²) in [5.74, 6) is -1.04. The molecular formula is C46H83O10P. The maximum atomic E-state index is 12.4. The molecule has 0 rings (SSSR count). The maximum absolute atomic E-state index is 12.4. The number of unbranched alkanes of at least 4 members (excludes halogenated alkanes) is 20. The van der Waals surface area contributed by atoms with Crippen molar-refractivity contribution in [3.63, 3.8) is 0 Å². The third-order valence-corrected chi connectivity index (χ3v) is 10.5. The molecule has 0 amide bonds. The fraction of sp³-hybridized carbons (Fsp3) is 0.783. The first kappa shape index (κ1) is 54.9. The Kier molecular flexibility index (Phi) is 40.5. The van der Waals surface area contributed by atoms with Crippen LogP contribution in [0.3, 0.4) is 0 Å². The van der Waals surface area contributed by atoms with E-state index < -0.39 is 58.4 Å². The van der Waals surface area contributed by atoms with Crippen LogP contribution in [0.5, 0.6) is 0 Å². The Bertz CT molecular complexity index is 1090. The molecule has 0 aliphatic carbocycles. The van der Waals surface area contributed by atoms with Crippen LogP contribution < -0.4 is 0 Å². The lowest BCUT2D eigenvalue weighted by Crippen LogP contribution is -2.28. The van der Waals surface area contributed by atoms with Crippen LogP contribution in [0.1, 0.15) is 194 Å². The van der Waals surface area contributed by atoms with Crippen LogP contribution in [0.25, 0.3) is 0 Å². The lowest BCUT2D eigenvalue weighted by atomic mass is 10.1. The van der Waals surface area contributed by atoms with Gasteiger partial charge in [0, 0.05) is 12.8 Å². The number of hydrogen-bond donors (Lipinski definition) is 3. The van der Waals surface area contributed by atoms with Crippen molar-refractivity contribution in [2.24, 2.45) is 0 Å². The zero-order chi connectivity index (χ0) is 41.9. The van der Waals surface area contributed by atoms with Crippen molar-refractivity contribution < 1.29 is 47.8 Å². The fourth-order valence-corrected chi connectivity index (χ4v) is 6.78. The van der Waals surface area contributed by atoms with Gasteiger partial charge >= 0.3 is 19.8 Å². The van der Waals surface area contributed by atoms with Crippen LogP contribution >= 0.6 is 7.82 Å². The van der Waals surface area contributed by atoms with Gasteiger partial charge in [0.2, 0.25) is 0 Å². The smallest absolute Gasteiger partial charge is 0.457 e. The van der Waals surface area contributed by atoms with Gasteiger partial charge in [0.25, 0.3) is 0 Å². The van der Waals surface area contributed by atoms with E-state index in [1.807, 2.05) is 0 Å². The molecule has 3 unspecified atom stereocenters. The number of carbonyl (C=O) groups excluding carboxylic acids is 2. The van der Waals surface area contributed by atoms with E-state index in [1.165, 1.54) is 64.2 Å². The number of phosphoric ester groups is 1. The summed E-state index contributed by atoms with van der Waals surface area (Å²) in [5.41, 5.74) is 0. The van der Waals surface area contributed by atoms with Crippen molar-refractivity contribution in [3.8, 4) is 0 Å². The van der Waals surface area contributed by atoms with Crippen LogP contribution in [0.15, 0.2) is 48.6 Å². The van der Waals surface area contributed by atoms with E-state index in [2.05, 4.69) is 62.5 Å². The number of carbonyl (C=O) groups is 2. The third kappa shape index (κ3) is 40.5. The molecular weight excluding hydrogens is 743 g/mol. The van der Waals surface area contributed by atoms with E-state index in [0.717, 1.165) is 89.9 Å². The predicted octanol–water partition coefficient (Wildman–Crippen LogP) is 12.1. The molecule has 10 nitrogen and oxygen atoms in total. The van der Waals surface area contributed by atoms with Crippen molar-refractivity contribution in [1.29, 1.82) is 0 Å². The first-order chi connectivity index (χ1) is 27.8. The summed E-state index contributed by atoms with van der Waals surface area (Å²) in [7, 11) is -4.64. The van der Waals surface area contributed by atoms with Crippen molar-refractivity contribution in [2.45, 2.75) is 206 Å². The van der Waals surface area contributed by atoms with Gasteiger partial charge in [0.15, 0.2) is 0 Å². The van der Waals surface area contributed by atoms with Gasteiger partial charge in [0.05, 0.1) is 26.4 Å². The summed E-state index contributed by atoms with van der Waals surface area (Å²) in [4.78, 5) is 34.5. The molecule has 0 saturated heterocycles. The van der Waals surface area contributed by atoms with Crippen LogP contribution in [-0.4, -0.2) is 65.7 Å². The molecule has 0 radical (unpaired) electrons. The van der Waals surface area contributed by atoms with E-state index in [9.17, 15) is 29.3 Å². The predicted molar refractivity (Wildman–Crippen MR) is 233 cm³/mol. The van der Waals surface area contributed by atoms with Gasteiger partial charge in [-0.2, -0.15) is 0 Å². The Hall–Kier alpha value is -2.07. The van der Waals surface area contributed by atoms with E-state index in [1.54, 1.807) is 0 Å². The number of aliphatic hydroxyl groups excluding tert-OH is 2. The zero-order valence-electron chi connectivity index (χ0n) is 36.0. The first-order valence-electron chi connectivity index (χ1n) is 22.6.